The van der Waals surface area contributed by atoms with Crippen LogP contribution in [-0.4, -0.2) is 30.9 Å². The number of aromatic nitrogens is 2. The van der Waals surface area contributed by atoms with E-state index in [1.165, 1.54) is 21.6 Å². The number of aryl methyl sites for hydroxylation is 1. The Bertz CT molecular complexity index is 881. The summed E-state index contributed by atoms with van der Waals surface area (Å²) >= 11 is 0. The summed E-state index contributed by atoms with van der Waals surface area (Å²) in [7, 11) is -3.36. The molecule has 1 aliphatic heterocycles. The molecule has 134 valence electrons. The first-order valence-corrected chi connectivity index (χ1v) is 10.2. The maximum absolute atomic E-state index is 14.5. The van der Waals surface area contributed by atoms with Gasteiger partial charge in [0, 0.05) is 30.4 Å². The van der Waals surface area contributed by atoms with E-state index in [1.807, 2.05) is 6.20 Å². The lowest BCUT2D eigenvalue weighted by molar-refractivity contribution is 0.457. The number of nitrogens with one attached hydrogen (secondary N) is 2. The van der Waals surface area contributed by atoms with Crippen molar-refractivity contribution in [3.05, 3.63) is 47.0 Å². The molecule has 1 unspecified atom stereocenters. The lowest BCUT2D eigenvalue weighted by Crippen LogP contribution is -2.26. The number of nitrogens with zero attached hydrogens (tertiary/aromatic N) is 2. The van der Waals surface area contributed by atoms with Gasteiger partial charge in [-0.25, -0.2) is 12.8 Å². The van der Waals surface area contributed by atoms with Crippen LogP contribution in [0.2, 0.25) is 0 Å². The molecule has 0 radical (unpaired) electrons. The van der Waals surface area contributed by atoms with Crippen molar-refractivity contribution in [1.29, 1.82) is 0 Å². The van der Waals surface area contributed by atoms with Gasteiger partial charge >= 0.3 is 0 Å². The number of benzene rings is 1. The first-order valence-electron chi connectivity index (χ1n) is 8.59. The zero-order valence-electron chi connectivity index (χ0n) is 13.8. The van der Waals surface area contributed by atoms with E-state index in [-0.39, 0.29) is 17.5 Å². The smallest absolute Gasteiger partial charge is 0.235 e. The Morgan fingerprint density at radius 1 is 1.36 bits per heavy atom. The molecule has 0 bridgehead atoms. The highest BCUT2D eigenvalue weighted by atomic mass is 32.2. The molecule has 1 aromatic heterocycles. The standard InChI is InChI=1S/C17H21FN4O2S/c18-14-9-12(5-6-17(14)22-7-2-8-25(22,23)24)10-19-15-3-1-4-16-13(15)11-20-21-16/h5-6,9,11,15,19H,1-4,7-8,10H2,(H,20,21). The maximum atomic E-state index is 14.5. The van der Waals surface area contributed by atoms with Crippen molar-refractivity contribution in [2.24, 2.45) is 0 Å². The third kappa shape index (κ3) is 3.16. The average molecular weight is 364 g/mol. The highest BCUT2D eigenvalue weighted by Gasteiger charge is 2.30. The van der Waals surface area contributed by atoms with Crippen molar-refractivity contribution in [3.63, 3.8) is 0 Å². The van der Waals surface area contributed by atoms with Crippen LogP contribution in [0.25, 0.3) is 0 Å². The van der Waals surface area contributed by atoms with E-state index >= 15 is 0 Å². The van der Waals surface area contributed by atoms with Gasteiger partial charge in [-0.05, 0) is 43.4 Å². The molecule has 2 aliphatic rings. The van der Waals surface area contributed by atoms with Crippen LogP contribution in [0, 0.1) is 5.82 Å². The number of anilines is 1. The minimum atomic E-state index is -3.36. The van der Waals surface area contributed by atoms with Crippen LogP contribution in [0.15, 0.2) is 24.4 Å². The number of rotatable bonds is 4. The molecule has 0 amide bonds. The minimum absolute atomic E-state index is 0.0878. The van der Waals surface area contributed by atoms with Gasteiger partial charge in [0.05, 0.1) is 17.6 Å². The molecule has 25 heavy (non-hydrogen) atoms. The zero-order valence-corrected chi connectivity index (χ0v) is 14.7. The largest absolute Gasteiger partial charge is 0.306 e. The Kier molecular flexibility index (Phi) is 4.24. The number of H-pyrrole nitrogens is 1. The minimum Gasteiger partial charge on any atom is -0.306 e. The number of aromatic amines is 1. The van der Waals surface area contributed by atoms with Gasteiger partial charge in [0.1, 0.15) is 5.82 Å². The zero-order chi connectivity index (χ0) is 17.4. The van der Waals surface area contributed by atoms with Crippen LogP contribution in [0.4, 0.5) is 10.1 Å². The van der Waals surface area contributed by atoms with Gasteiger partial charge in [-0.3, -0.25) is 9.40 Å². The van der Waals surface area contributed by atoms with Gasteiger partial charge in [0.25, 0.3) is 0 Å². The fourth-order valence-electron chi connectivity index (χ4n) is 3.69. The van der Waals surface area contributed by atoms with Gasteiger partial charge in [-0.2, -0.15) is 5.10 Å². The molecule has 8 heteroatoms. The highest BCUT2D eigenvalue weighted by Crippen LogP contribution is 2.30. The lowest BCUT2D eigenvalue weighted by atomic mass is 9.93. The molecule has 2 N–H and O–H groups in total. The Morgan fingerprint density at radius 2 is 2.24 bits per heavy atom. The summed E-state index contributed by atoms with van der Waals surface area (Å²) in [5, 5.41) is 10.6. The summed E-state index contributed by atoms with van der Waals surface area (Å²) < 4.78 is 39.6. The van der Waals surface area contributed by atoms with Crippen LogP contribution in [0.3, 0.4) is 0 Å². The predicted octanol–water partition coefficient (Wildman–Crippen LogP) is 2.26. The summed E-state index contributed by atoms with van der Waals surface area (Å²) in [4.78, 5) is 0. The first-order chi connectivity index (χ1) is 12.0. The highest BCUT2D eigenvalue weighted by molar-refractivity contribution is 7.93. The summed E-state index contributed by atoms with van der Waals surface area (Å²) in [6.07, 6.45) is 5.53. The Labute approximate surface area is 146 Å². The number of sulfonamides is 1. The topological polar surface area (TPSA) is 78.1 Å². The molecule has 2 heterocycles. The maximum Gasteiger partial charge on any atom is 0.235 e. The SMILES string of the molecule is O=S1(=O)CCCN1c1ccc(CNC2CCCc3[nH]ncc32)cc1F. The second kappa shape index (κ2) is 6.42. The number of hydrogen-bond acceptors (Lipinski definition) is 4. The molecule has 2 aromatic rings. The number of fused-ring (bicyclic) bond motifs is 1. The van der Waals surface area contributed by atoms with Gasteiger partial charge in [-0.1, -0.05) is 6.07 Å². The second-order valence-electron chi connectivity index (χ2n) is 6.66. The van der Waals surface area contributed by atoms with Crippen LogP contribution in [0.5, 0.6) is 0 Å². The van der Waals surface area contributed by atoms with Crippen molar-refractivity contribution in [3.8, 4) is 0 Å². The van der Waals surface area contributed by atoms with Crippen LogP contribution >= 0.6 is 0 Å². The van der Waals surface area contributed by atoms with Crippen LogP contribution in [-0.2, 0) is 23.0 Å². The van der Waals surface area contributed by atoms with Crippen molar-refractivity contribution in [2.45, 2.75) is 38.3 Å². The fourth-order valence-corrected chi connectivity index (χ4v) is 5.26. The Morgan fingerprint density at radius 3 is 3.00 bits per heavy atom. The third-order valence-electron chi connectivity index (χ3n) is 4.98. The molecular formula is C17H21FN4O2S. The normalized spacial score (nSPS) is 22.1. The van der Waals surface area contributed by atoms with E-state index < -0.39 is 15.8 Å². The summed E-state index contributed by atoms with van der Waals surface area (Å²) in [5.41, 5.74) is 3.31. The summed E-state index contributed by atoms with van der Waals surface area (Å²) in [6.45, 7) is 0.876. The molecule has 1 atom stereocenters. The summed E-state index contributed by atoms with van der Waals surface area (Å²) in [5.74, 6) is -0.401. The van der Waals surface area contributed by atoms with Gasteiger partial charge in [0.2, 0.25) is 10.0 Å². The average Bonchev–Trinajstić information content (AvgIpc) is 3.19. The lowest BCUT2D eigenvalue weighted by Gasteiger charge is -2.23. The third-order valence-corrected chi connectivity index (χ3v) is 6.83. The van der Waals surface area contributed by atoms with Crippen molar-refractivity contribution < 1.29 is 12.8 Å². The van der Waals surface area contributed by atoms with Crippen molar-refractivity contribution >= 4 is 15.7 Å². The molecule has 0 saturated carbocycles. The molecule has 0 spiro atoms. The fraction of sp³-hybridized carbons (Fsp3) is 0.471. The van der Waals surface area contributed by atoms with Crippen molar-refractivity contribution in [2.75, 3.05) is 16.6 Å². The monoisotopic (exact) mass is 364 g/mol. The molecule has 1 fully saturated rings. The van der Waals surface area contributed by atoms with E-state index in [0.717, 1.165) is 24.8 Å². The van der Waals surface area contributed by atoms with E-state index in [1.54, 1.807) is 12.1 Å². The predicted molar refractivity (Wildman–Crippen MR) is 93.3 cm³/mol. The molecular weight excluding hydrogens is 343 g/mol. The molecule has 6 nitrogen and oxygen atoms in total. The second-order valence-corrected chi connectivity index (χ2v) is 8.67. The Hall–Kier alpha value is -1.93. The van der Waals surface area contributed by atoms with E-state index in [9.17, 15) is 12.8 Å². The van der Waals surface area contributed by atoms with Crippen LogP contribution < -0.4 is 9.62 Å². The van der Waals surface area contributed by atoms with E-state index in [0.29, 0.717) is 19.5 Å². The Balaban J connectivity index is 1.47. The molecule has 1 aliphatic carbocycles. The number of hydrogen-bond donors (Lipinski definition) is 2. The number of halogens is 1. The van der Waals surface area contributed by atoms with Gasteiger partial charge in [0.15, 0.2) is 0 Å². The molecule has 4 rings (SSSR count). The molecule has 1 saturated heterocycles. The van der Waals surface area contributed by atoms with Gasteiger partial charge in [-0.15, -0.1) is 0 Å². The first kappa shape index (κ1) is 16.5. The molecule has 1 aromatic carbocycles. The summed E-state index contributed by atoms with van der Waals surface area (Å²) in [6, 6.07) is 5.00. The van der Waals surface area contributed by atoms with E-state index in [4.69, 9.17) is 0 Å². The van der Waals surface area contributed by atoms with Gasteiger partial charge < -0.3 is 5.32 Å². The van der Waals surface area contributed by atoms with E-state index in [2.05, 4.69) is 15.5 Å². The van der Waals surface area contributed by atoms with Crippen molar-refractivity contribution in [1.82, 2.24) is 15.5 Å². The quantitative estimate of drug-likeness (QED) is 0.872. The van der Waals surface area contributed by atoms with Crippen LogP contribution in [0.1, 0.15) is 42.1 Å².